The Balaban J connectivity index is 1.57. The molecular formula is C26H27FN6O3. The van der Waals surface area contributed by atoms with Gasteiger partial charge in [-0.1, -0.05) is 38.0 Å². The Morgan fingerprint density at radius 3 is 2.28 bits per heavy atom. The number of carbonyl (C=O) groups excluding carboxylic acids is 2. The number of amides is 2. The van der Waals surface area contributed by atoms with Gasteiger partial charge in [0.15, 0.2) is 5.69 Å². The molecule has 4 aromatic rings. The van der Waals surface area contributed by atoms with Crippen molar-refractivity contribution in [2.45, 2.75) is 46.6 Å². The van der Waals surface area contributed by atoms with Gasteiger partial charge in [-0.05, 0) is 50.6 Å². The lowest BCUT2D eigenvalue weighted by Gasteiger charge is -2.12. The molecule has 0 atom stereocenters. The Morgan fingerprint density at radius 1 is 0.917 bits per heavy atom. The van der Waals surface area contributed by atoms with Crippen LogP contribution in [0.1, 0.15) is 58.4 Å². The zero-order valence-electron chi connectivity index (χ0n) is 20.3. The molecule has 0 radical (unpaired) electrons. The Hall–Kier alpha value is -4.34. The first-order chi connectivity index (χ1) is 17.3. The summed E-state index contributed by atoms with van der Waals surface area (Å²) in [7, 11) is 0. The highest BCUT2D eigenvalue weighted by Crippen LogP contribution is 2.18. The molecule has 0 aliphatic rings. The van der Waals surface area contributed by atoms with Crippen molar-refractivity contribution in [1.29, 1.82) is 0 Å². The zero-order valence-corrected chi connectivity index (χ0v) is 20.3. The molecule has 186 valence electrons. The van der Waals surface area contributed by atoms with E-state index >= 15 is 0 Å². The van der Waals surface area contributed by atoms with E-state index in [-0.39, 0.29) is 22.6 Å². The number of fused-ring (bicyclic) bond motifs is 1. The van der Waals surface area contributed by atoms with Crippen molar-refractivity contribution in [3.63, 3.8) is 0 Å². The highest BCUT2D eigenvalue weighted by molar-refractivity contribution is 6.06. The number of hydrogen-bond acceptors (Lipinski definition) is 5. The molecule has 0 aliphatic heterocycles. The number of aromatic nitrogens is 4. The molecule has 2 aromatic heterocycles. The summed E-state index contributed by atoms with van der Waals surface area (Å²) in [6, 6.07) is 12.5. The Bertz CT molecular complexity index is 1490. The van der Waals surface area contributed by atoms with E-state index in [1.54, 1.807) is 50.2 Å². The summed E-state index contributed by atoms with van der Waals surface area (Å²) in [5.41, 5.74) is 6.46. The minimum absolute atomic E-state index is 0.0393. The predicted octanol–water partition coefficient (Wildman–Crippen LogP) is 3.60. The number of hydrazine groups is 1. The molecular weight excluding hydrogens is 463 g/mol. The van der Waals surface area contributed by atoms with Gasteiger partial charge >= 0.3 is 0 Å². The van der Waals surface area contributed by atoms with Crippen LogP contribution in [0.2, 0.25) is 0 Å². The van der Waals surface area contributed by atoms with E-state index in [0.717, 1.165) is 19.3 Å². The van der Waals surface area contributed by atoms with Gasteiger partial charge in [0.1, 0.15) is 5.82 Å². The number of aryl methyl sites for hydroxylation is 2. The minimum atomic E-state index is -0.648. The summed E-state index contributed by atoms with van der Waals surface area (Å²) in [6.07, 6.45) is 2.68. The maximum absolute atomic E-state index is 13.3. The van der Waals surface area contributed by atoms with Gasteiger partial charge in [-0.3, -0.25) is 25.2 Å². The van der Waals surface area contributed by atoms with Crippen molar-refractivity contribution in [3.05, 3.63) is 87.3 Å². The first kappa shape index (κ1) is 24.8. The lowest BCUT2D eigenvalue weighted by Crippen LogP contribution is -2.43. The third-order valence-corrected chi connectivity index (χ3v) is 5.94. The van der Waals surface area contributed by atoms with Gasteiger partial charge in [0, 0.05) is 11.9 Å². The molecule has 36 heavy (non-hydrogen) atoms. The molecule has 2 N–H and O–H groups in total. The number of rotatable bonds is 7. The van der Waals surface area contributed by atoms with Gasteiger partial charge < -0.3 is 0 Å². The Morgan fingerprint density at radius 2 is 1.58 bits per heavy atom. The van der Waals surface area contributed by atoms with E-state index in [1.165, 1.54) is 21.5 Å². The van der Waals surface area contributed by atoms with E-state index in [0.29, 0.717) is 34.4 Å². The van der Waals surface area contributed by atoms with Crippen LogP contribution in [-0.2, 0) is 6.54 Å². The largest absolute Gasteiger partial charge is 0.290 e. The van der Waals surface area contributed by atoms with E-state index < -0.39 is 11.8 Å². The van der Waals surface area contributed by atoms with Crippen molar-refractivity contribution in [3.8, 4) is 5.69 Å². The number of unbranched alkanes of at least 4 members (excludes halogenated alkanes) is 2. The molecule has 0 fully saturated rings. The summed E-state index contributed by atoms with van der Waals surface area (Å²) in [4.78, 5) is 38.9. The minimum Gasteiger partial charge on any atom is -0.267 e. The third-order valence-electron chi connectivity index (χ3n) is 5.94. The maximum atomic E-state index is 13.3. The van der Waals surface area contributed by atoms with Crippen LogP contribution in [0.3, 0.4) is 0 Å². The SMILES string of the molecule is CCCCCn1nc(C(=O)NNC(=O)c2c(C)nn(-c3ccc(F)cc3)c2C)c2ccccc2c1=O. The van der Waals surface area contributed by atoms with Crippen LogP contribution < -0.4 is 16.4 Å². The van der Waals surface area contributed by atoms with E-state index in [9.17, 15) is 18.8 Å². The van der Waals surface area contributed by atoms with Crippen LogP contribution >= 0.6 is 0 Å². The summed E-state index contributed by atoms with van der Waals surface area (Å²) in [6.45, 7) is 5.84. The molecule has 2 heterocycles. The molecule has 0 aliphatic carbocycles. The summed E-state index contributed by atoms with van der Waals surface area (Å²) in [5, 5.41) is 9.47. The van der Waals surface area contributed by atoms with Gasteiger partial charge in [-0.15, -0.1) is 0 Å². The molecule has 0 bridgehead atoms. The number of benzene rings is 2. The third kappa shape index (κ3) is 4.88. The molecule has 0 unspecified atom stereocenters. The smallest absolute Gasteiger partial charge is 0.267 e. The molecule has 2 aromatic carbocycles. The van der Waals surface area contributed by atoms with Crippen LogP contribution in [0.15, 0.2) is 53.3 Å². The summed E-state index contributed by atoms with van der Waals surface area (Å²) >= 11 is 0. The fourth-order valence-corrected chi connectivity index (χ4v) is 4.11. The van der Waals surface area contributed by atoms with Crippen molar-refractivity contribution in [2.24, 2.45) is 0 Å². The van der Waals surface area contributed by atoms with Crippen molar-refractivity contribution in [2.75, 3.05) is 0 Å². The standard InChI is InChI=1S/C26H27FN6O3/c1-4-5-8-15-32-26(36)21-10-7-6-9-20(21)23(31-32)25(35)29-28-24(34)22-16(2)30-33(17(22)3)19-13-11-18(27)12-14-19/h6-7,9-14H,4-5,8,15H2,1-3H3,(H,28,34)(H,29,35). The van der Waals surface area contributed by atoms with Gasteiger partial charge in [0.2, 0.25) is 0 Å². The first-order valence-electron chi connectivity index (χ1n) is 11.7. The molecule has 0 saturated carbocycles. The highest BCUT2D eigenvalue weighted by Gasteiger charge is 2.22. The lowest BCUT2D eigenvalue weighted by atomic mass is 10.1. The number of nitrogens with one attached hydrogen (secondary N) is 2. The highest BCUT2D eigenvalue weighted by atomic mass is 19.1. The fraction of sp³-hybridized carbons (Fsp3) is 0.269. The van der Waals surface area contributed by atoms with Gasteiger partial charge in [-0.25, -0.2) is 13.8 Å². The Kier molecular flexibility index (Phi) is 7.23. The number of halogens is 1. The lowest BCUT2D eigenvalue weighted by molar-refractivity contribution is 0.0843. The molecule has 4 rings (SSSR count). The predicted molar refractivity (Wildman–Crippen MR) is 133 cm³/mol. The second-order valence-electron chi connectivity index (χ2n) is 8.47. The van der Waals surface area contributed by atoms with Crippen molar-refractivity contribution in [1.82, 2.24) is 30.4 Å². The van der Waals surface area contributed by atoms with Crippen LogP contribution in [0.4, 0.5) is 4.39 Å². The van der Waals surface area contributed by atoms with Crippen LogP contribution in [0.25, 0.3) is 16.5 Å². The maximum Gasteiger partial charge on any atom is 0.290 e. The van der Waals surface area contributed by atoms with Gasteiger partial charge in [0.05, 0.1) is 28.0 Å². The quantitative estimate of drug-likeness (QED) is 0.304. The molecule has 0 spiro atoms. The molecule has 0 saturated heterocycles. The second-order valence-corrected chi connectivity index (χ2v) is 8.47. The fourth-order valence-electron chi connectivity index (χ4n) is 4.11. The van der Waals surface area contributed by atoms with Gasteiger partial charge in [-0.2, -0.15) is 10.2 Å². The zero-order chi connectivity index (χ0) is 25.8. The van der Waals surface area contributed by atoms with Crippen molar-refractivity contribution < 1.29 is 14.0 Å². The monoisotopic (exact) mass is 490 g/mol. The van der Waals surface area contributed by atoms with Crippen LogP contribution in [0.5, 0.6) is 0 Å². The number of nitrogens with zero attached hydrogens (tertiary/aromatic N) is 4. The average Bonchev–Trinajstić information content (AvgIpc) is 3.18. The molecule has 9 nitrogen and oxygen atoms in total. The van der Waals surface area contributed by atoms with E-state index in [2.05, 4.69) is 28.0 Å². The van der Waals surface area contributed by atoms with E-state index in [4.69, 9.17) is 0 Å². The normalized spacial score (nSPS) is 11.0. The topological polar surface area (TPSA) is 111 Å². The van der Waals surface area contributed by atoms with Gasteiger partial charge in [0.25, 0.3) is 17.4 Å². The Labute approximate surface area is 206 Å². The van der Waals surface area contributed by atoms with Crippen LogP contribution in [-0.4, -0.2) is 31.4 Å². The first-order valence-corrected chi connectivity index (χ1v) is 11.7. The molecule has 10 heteroatoms. The average molecular weight is 491 g/mol. The van der Waals surface area contributed by atoms with E-state index in [1.807, 2.05) is 0 Å². The van der Waals surface area contributed by atoms with Crippen LogP contribution in [0, 0.1) is 19.7 Å². The second kappa shape index (κ2) is 10.5. The number of hydrogen-bond donors (Lipinski definition) is 2. The summed E-state index contributed by atoms with van der Waals surface area (Å²) < 4.78 is 16.1. The van der Waals surface area contributed by atoms with Crippen molar-refractivity contribution >= 4 is 22.6 Å². The molecule has 2 amide bonds. The number of carbonyl (C=O) groups is 2. The summed E-state index contributed by atoms with van der Waals surface area (Å²) in [5.74, 6) is -1.59.